The topological polar surface area (TPSA) is 299 Å². The standard InChI is InChI=1S/C29H43ClN4O6.C25H38N4O5.C4H6Cl2O/c1-17(2)14-21(32-26(38)29(6,7)34-27(39)40-28(3,4)5)22(35)16-19-15-18-10-8-11-20(24(18)33-25(19)37)31-23(36)12-9-13-30;1-14(2)11-18(27-22(32)25(6,7)29-23(33)34-24(3,4)5)19(30)13-16-12-15-9-8-10-17(26)20(15)28-21(16)31;5-3-1-2-4(6)7/h8,10-11,17,19,21H,9,12-16H2,1-7H3,(H,31,36)(H,32,38)(H,33,37)(H,34,39);8-10,14,16,18H,11-13,26H2,1-7H3,(H,27,32)(H,28,31)(H,29,33);1-3H2/t19?,21-;16?,18-;/m11./s1. The summed E-state index contributed by atoms with van der Waals surface area (Å²) in [5, 5.41) is 18.8. The molecule has 4 rings (SSSR count). The van der Waals surface area contributed by atoms with Crippen molar-refractivity contribution >= 4 is 116 Å². The van der Waals surface area contributed by atoms with Crippen LogP contribution in [-0.2, 0) is 60.7 Å². The fraction of sp³-hybridized carbons (Fsp3) is 0.621. The number of Topliss-reactive ketones (excluding diaryl/α,β-unsaturated/α-hetero) is 2. The maximum atomic E-state index is 13.4. The van der Waals surface area contributed by atoms with E-state index in [1.807, 2.05) is 45.9 Å². The van der Waals surface area contributed by atoms with Gasteiger partial charge in [0.25, 0.3) is 0 Å². The van der Waals surface area contributed by atoms with Crippen LogP contribution in [0.5, 0.6) is 0 Å². The van der Waals surface area contributed by atoms with E-state index >= 15 is 0 Å². The zero-order chi connectivity index (χ0) is 61.8. The molecule has 0 saturated carbocycles. The number of nitrogens with two attached hydrogens (primary N) is 1. The van der Waals surface area contributed by atoms with Crippen LogP contribution in [0, 0.1) is 23.7 Å². The normalized spacial score (nSPS) is 15.7. The Kier molecular flexibility index (Phi) is 28.1. The Morgan fingerprint density at radius 1 is 0.617 bits per heavy atom. The van der Waals surface area contributed by atoms with Crippen LogP contribution in [0.15, 0.2) is 36.4 Å². The zero-order valence-corrected chi connectivity index (χ0v) is 51.8. The van der Waals surface area contributed by atoms with E-state index in [4.69, 9.17) is 50.0 Å². The molecule has 7 amide bonds. The molecule has 2 aromatic rings. The number of amides is 7. The van der Waals surface area contributed by atoms with E-state index < -0.39 is 70.2 Å². The van der Waals surface area contributed by atoms with Crippen LogP contribution < -0.4 is 43.0 Å². The summed E-state index contributed by atoms with van der Waals surface area (Å²) in [6, 6.07) is 9.12. The number of halogens is 3. The molecule has 452 valence electrons. The third-order valence-corrected chi connectivity index (χ3v) is 13.0. The SMILES string of the molecule is CC(C)C[C@@H](NC(=O)C(C)(C)NC(=O)OC(C)(C)C)C(=O)CC1Cc2cccc(N)c2NC1=O.CC(C)C[C@@H](NC(=O)C(C)(C)NC(=O)OC(C)(C)C)C(=O)CC1Cc2cccc(NC(=O)CCCCl)c2NC1=O.O=C(Cl)CCCCl. The van der Waals surface area contributed by atoms with Crippen molar-refractivity contribution in [3.05, 3.63) is 47.5 Å². The molecule has 2 aliphatic heterocycles. The summed E-state index contributed by atoms with van der Waals surface area (Å²) in [6.45, 7) is 24.2. The van der Waals surface area contributed by atoms with Gasteiger partial charge in [0.2, 0.25) is 34.8 Å². The molecule has 4 atom stereocenters. The van der Waals surface area contributed by atoms with E-state index in [1.54, 1.807) is 73.6 Å². The van der Waals surface area contributed by atoms with Crippen molar-refractivity contribution in [1.82, 2.24) is 21.3 Å². The number of carbonyl (C=O) groups is 10. The second-order valence-corrected chi connectivity index (χ2v) is 25.3. The Morgan fingerprint density at radius 3 is 1.40 bits per heavy atom. The molecule has 81 heavy (non-hydrogen) atoms. The molecule has 0 bridgehead atoms. The Labute approximate surface area is 492 Å². The van der Waals surface area contributed by atoms with Gasteiger partial charge in [0.1, 0.15) is 22.3 Å². The quantitative estimate of drug-likeness (QED) is 0.0292. The number of nitrogens with one attached hydrogen (secondary N) is 7. The largest absolute Gasteiger partial charge is 0.444 e. The minimum atomic E-state index is -1.34. The molecule has 23 heteroatoms. The average molecular weight is 1190 g/mol. The highest BCUT2D eigenvalue weighted by Gasteiger charge is 2.39. The number of anilines is 4. The molecule has 0 radical (unpaired) electrons. The fourth-order valence-electron chi connectivity index (χ4n) is 8.27. The monoisotopic (exact) mass is 1190 g/mol. The van der Waals surface area contributed by atoms with Crippen LogP contribution in [0.3, 0.4) is 0 Å². The Morgan fingerprint density at radius 2 is 1.01 bits per heavy atom. The van der Waals surface area contributed by atoms with Gasteiger partial charge in [0.05, 0.1) is 34.8 Å². The van der Waals surface area contributed by atoms with Gasteiger partial charge in [-0.2, -0.15) is 0 Å². The van der Waals surface area contributed by atoms with Crippen LogP contribution in [0.2, 0.25) is 0 Å². The van der Waals surface area contributed by atoms with E-state index in [9.17, 15) is 47.9 Å². The minimum absolute atomic E-state index is 0.0162. The highest BCUT2D eigenvalue weighted by atomic mass is 35.5. The number of hydrogen-bond donors (Lipinski definition) is 8. The van der Waals surface area contributed by atoms with Gasteiger partial charge in [-0.25, -0.2) is 9.59 Å². The highest BCUT2D eigenvalue weighted by Crippen LogP contribution is 2.35. The Balaban J connectivity index is 0.000000499. The maximum absolute atomic E-state index is 13.4. The number of ketones is 2. The van der Waals surface area contributed by atoms with Crippen molar-refractivity contribution < 1.29 is 57.4 Å². The number of para-hydroxylation sites is 2. The highest BCUT2D eigenvalue weighted by molar-refractivity contribution is 6.63. The van der Waals surface area contributed by atoms with E-state index in [-0.39, 0.29) is 65.6 Å². The summed E-state index contributed by atoms with van der Waals surface area (Å²) in [6.07, 6.45) is 1.82. The third kappa shape index (κ3) is 25.8. The zero-order valence-electron chi connectivity index (χ0n) is 49.5. The molecule has 0 aromatic heterocycles. The first-order chi connectivity index (χ1) is 37.4. The number of nitrogen functional groups attached to an aromatic ring is 1. The lowest BCUT2D eigenvalue weighted by atomic mass is 9.86. The van der Waals surface area contributed by atoms with Crippen molar-refractivity contribution in [3.8, 4) is 0 Å². The smallest absolute Gasteiger partial charge is 0.408 e. The summed E-state index contributed by atoms with van der Waals surface area (Å²) in [7, 11) is 0. The molecule has 20 nitrogen and oxygen atoms in total. The number of alkyl halides is 2. The number of ether oxygens (including phenoxy) is 2. The van der Waals surface area contributed by atoms with Crippen molar-refractivity contribution in [2.24, 2.45) is 23.7 Å². The van der Waals surface area contributed by atoms with Crippen LogP contribution in [0.1, 0.15) is 159 Å². The van der Waals surface area contributed by atoms with Crippen LogP contribution in [0.4, 0.5) is 32.3 Å². The Bertz CT molecular complexity index is 2560. The Hall–Kier alpha value is -5.99. The summed E-state index contributed by atoms with van der Waals surface area (Å²) in [5.41, 5.74) is 5.64. The molecule has 0 aliphatic carbocycles. The van der Waals surface area contributed by atoms with Gasteiger partial charge in [-0.05, 0) is 154 Å². The number of benzene rings is 2. The summed E-state index contributed by atoms with van der Waals surface area (Å²) < 4.78 is 10.5. The van der Waals surface area contributed by atoms with Gasteiger partial charge in [-0.15, -0.1) is 23.2 Å². The molecular formula is C58H87Cl3N8O12. The summed E-state index contributed by atoms with van der Waals surface area (Å²) in [5.74, 6) is -2.44. The first kappa shape index (κ1) is 71.1. The van der Waals surface area contributed by atoms with Gasteiger partial charge < -0.3 is 52.4 Å². The van der Waals surface area contributed by atoms with Crippen molar-refractivity contribution in [2.45, 2.75) is 196 Å². The predicted molar refractivity (Wildman–Crippen MR) is 317 cm³/mol. The molecule has 2 aromatic carbocycles. The van der Waals surface area contributed by atoms with Crippen molar-refractivity contribution in [3.63, 3.8) is 0 Å². The predicted octanol–water partition coefficient (Wildman–Crippen LogP) is 9.49. The number of alkyl carbamates (subject to hydrolysis) is 2. The molecule has 9 N–H and O–H groups in total. The number of hydrogen-bond acceptors (Lipinski definition) is 13. The number of carbonyl (C=O) groups excluding carboxylic acids is 10. The summed E-state index contributed by atoms with van der Waals surface area (Å²) in [4.78, 5) is 125. The molecule has 0 spiro atoms. The van der Waals surface area contributed by atoms with Crippen molar-refractivity contribution in [1.29, 1.82) is 0 Å². The lowest BCUT2D eigenvalue weighted by Crippen LogP contribution is -2.58. The minimum Gasteiger partial charge on any atom is -0.444 e. The maximum Gasteiger partial charge on any atom is 0.408 e. The number of rotatable bonds is 23. The van der Waals surface area contributed by atoms with E-state index in [2.05, 4.69) is 37.2 Å². The van der Waals surface area contributed by atoms with Gasteiger partial charge in [-0.3, -0.25) is 38.4 Å². The third-order valence-electron chi connectivity index (χ3n) is 12.3. The van der Waals surface area contributed by atoms with Crippen LogP contribution in [0.25, 0.3) is 0 Å². The fourth-order valence-corrected chi connectivity index (χ4v) is 8.67. The second-order valence-electron chi connectivity index (χ2n) is 24.1. The van der Waals surface area contributed by atoms with Crippen molar-refractivity contribution in [2.75, 3.05) is 33.4 Å². The molecule has 0 fully saturated rings. The molecule has 2 aliphatic rings. The lowest BCUT2D eigenvalue weighted by Gasteiger charge is -2.31. The van der Waals surface area contributed by atoms with Crippen LogP contribution in [-0.4, -0.2) is 105 Å². The second kappa shape index (κ2) is 32.0. The molecule has 0 saturated heterocycles. The summed E-state index contributed by atoms with van der Waals surface area (Å²) >= 11 is 15.9. The lowest BCUT2D eigenvalue weighted by molar-refractivity contribution is -0.132. The first-order valence-electron chi connectivity index (χ1n) is 27.3. The van der Waals surface area contributed by atoms with Gasteiger partial charge >= 0.3 is 12.2 Å². The first-order valence-corrected chi connectivity index (χ1v) is 28.7. The average Bonchev–Trinajstić information content (AvgIpc) is 3.31. The van der Waals surface area contributed by atoms with Gasteiger partial charge in [0, 0.05) is 49.3 Å². The molecule has 2 unspecified atom stereocenters. The molecular weight excluding hydrogens is 1110 g/mol. The number of fused-ring (bicyclic) bond motifs is 2. The van der Waals surface area contributed by atoms with E-state index in [1.165, 1.54) is 13.8 Å². The molecule has 2 heterocycles. The van der Waals surface area contributed by atoms with Gasteiger partial charge in [0.15, 0.2) is 11.6 Å². The van der Waals surface area contributed by atoms with E-state index in [0.717, 1.165) is 11.1 Å². The van der Waals surface area contributed by atoms with Gasteiger partial charge in [-0.1, -0.05) is 52.0 Å². The van der Waals surface area contributed by atoms with E-state index in [0.29, 0.717) is 79.5 Å². The van der Waals surface area contributed by atoms with Crippen LogP contribution >= 0.6 is 34.8 Å².